The van der Waals surface area contributed by atoms with Gasteiger partial charge in [0.15, 0.2) is 0 Å². The SMILES string of the molecule is COC.O=C(O)c1cc(C(=O)O)cc(S(=O)(=O)O)c1.[NaH]. The zero-order valence-electron chi connectivity index (χ0n) is 10.0. The standard InChI is InChI=1S/C8H6O7S.C2H6O.Na.H/c9-7(10)4-1-5(8(11)12)3-6(2-4)16(13,14)15;1-3-2;;/h1-3H,(H,9,10)(H,11,12)(H,13,14,15);1-2H3;;. The van der Waals surface area contributed by atoms with Crippen molar-refractivity contribution in [3.05, 3.63) is 29.3 Å². The molecule has 8 nitrogen and oxygen atoms in total. The van der Waals surface area contributed by atoms with Gasteiger partial charge in [-0.15, -0.1) is 0 Å². The van der Waals surface area contributed by atoms with Gasteiger partial charge in [-0.2, -0.15) is 8.42 Å². The summed E-state index contributed by atoms with van der Waals surface area (Å²) in [4.78, 5) is 20.4. The fourth-order valence-electron chi connectivity index (χ4n) is 0.995. The number of benzene rings is 1. The number of hydrogen-bond acceptors (Lipinski definition) is 5. The van der Waals surface area contributed by atoms with Crippen LogP contribution < -0.4 is 0 Å². The first kappa shape index (κ1) is 21.3. The maximum atomic E-state index is 10.8. The molecular formula is C10H13NaO8S. The topological polar surface area (TPSA) is 138 Å². The third-order valence-corrected chi connectivity index (χ3v) is 2.53. The molecule has 0 atom stereocenters. The molecule has 20 heavy (non-hydrogen) atoms. The van der Waals surface area contributed by atoms with E-state index in [9.17, 15) is 18.0 Å². The molecule has 0 aliphatic rings. The first-order chi connectivity index (χ1) is 8.63. The number of ether oxygens (including phenoxy) is 1. The number of methoxy groups -OCH3 is 1. The Labute approximate surface area is 137 Å². The number of rotatable bonds is 3. The van der Waals surface area contributed by atoms with Crippen LogP contribution in [0, 0.1) is 0 Å². The minimum atomic E-state index is -4.64. The Morgan fingerprint density at radius 1 is 1.00 bits per heavy atom. The molecule has 0 fully saturated rings. The van der Waals surface area contributed by atoms with Crippen molar-refractivity contribution in [1.82, 2.24) is 0 Å². The van der Waals surface area contributed by atoms with E-state index in [0.717, 1.165) is 6.07 Å². The third kappa shape index (κ3) is 6.98. The van der Waals surface area contributed by atoms with Crippen molar-refractivity contribution in [2.24, 2.45) is 0 Å². The Morgan fingerprint density at radius 3 is 1.50 bits per heavy atom. The average molecular weight is 316 g/mol. The predicted octanol–water partition coefficient (Wildman–Crippen LogP) is -0.0562. The van der Waals surface area contributed by atoms with E-state index in [2.05, 4.69) is 4.74 Å². The van der Waals surface area contributed by atoms with Gasteiger partial charge in [0.2, 0.25) is 0 Å². The van der Waals surface area contributed by atoms with E-state index in [1.54, 1.807) is 14.2 Å². The summed E-state index contributed by atoms with van der Waals surface area (Å²) in [5.74, 6) is -2.99. The summed E-state index contributed by atoms with van der Waals surface area (Å²) in [6.07, 6.45) is 0. The van der Waals surface area contributed by atoms with Crippen LogP contribution in [0.5, 0.6) is 0 Å². The van der Waals surface area contributed by atoms with Crippen molar-refractivity contribution in [2.45, 2.75) is 4.90 Å². The van der Waals surface area contributed by atoms with Crippen molar-refractivity contribution >= 4 is 51.6 Å². The molecule has 0 saturated heterocycles. The van der Waals surface area contributed by atoms with Crippen LogP contribution in [0.1, 0.15) is 20.7 Å². The Bertz CT molecular complexity index is 549. The molecule has 0 unspecified atom stereocenters. The molecule has 0 radical (unpaired) electrons. The molecule has 1 rings (SSSR count). The second-order valence-corrected chi connectivity index (χ2v) is 4.66. The van der Waals surface area contributed by atoms with Crippen LogP contribution in [-0.4, -0.2) is 78.9 Å². The predicted molar refractivity (Wildman–Crippen MR) is 70.3 cm³/mol. The molecule has 0 heterocycles. The summed E-state index contributed by atoms with van der Waals surface area (Å²) in [6, 6.07) is 2.13. The molecular weight excluding hydrogens is 303 g/mol. The first-order valence-corrected chi connectivity index (χ1v) is 6.06. The number of aromatic carboxylic acids is 2. The summed E-state index contributed by atoms with van der Waals surface area (Å²) < 4.78 is 34.4. The first-order valence-electron chi connectivity index (χ1n) is 4.62. The number of carboxylic acid groups (broad SMARTS) is 2. The van der Waals surface area contributed by atoms with Gasteiger partial charge in [0, 0.05) is 14.2 Å². The molecule has 0 spiro atoms. The van der Waals surface area contributed by atoms with Crippen molar-refractivity contribution in [3.63, 3.8) is 0 Å². The molecule has 0 bridgehead atoms. The van der Waals surface area contributed by atoms with E-state index in [-0.39, 0.29) is 29.6 Å². The van der Waals surface area contributed by atoms with E-state index in [4.69, 9.17) is 14.8 Å². The fraction of sp³-hybridized carbons (Fsp3) is 0.200. The summed E-state index contributed by atoms with van der Waals surface area (Å²) in [5, 5.41) is 17.2. The van der Waals surface area contributed by atoms with Gasteiger partial charge < -0.3 is 14.9 Å². The number of carboxylic acids is 2. The van der Waals surface area contributed by atoms with Gasteiger partial charge >= 0.3 is 41.5 Å². The average Bonchev–Trinajstić information content (AvgIpc) is 2.28. The normalized spacial score (nSPS) is 9.75. The van der Waals surface area contributed by atoms with Gasteiger partial charge in [-0.05, 0) is 18.2 Å². The van der Waals surface area contributed by atoms with Crippen LogP contribution in [0.4, 0.5) is 0 Å². The van der Waals surface area contributed by atoms with Gasteiger partial charge in [0.25, 0.3) is 10.1 Å². The van der Waals surface area contributed by atoms with Crippen LogP contribution in [0.2, 0.25) is 0 Å². The van der Waals surface area contributed by atoms with Crippen molar-refractivity contribution in [1.29, 1.82) is 0 Å². The van der Waals surface area contributed by atoms with Crippen LogP contribution in [0.15, 0.2) is 23.1 Å². The minimum absolute atomic E-state index is 0. The quantitative estimate of drug-likeness (QED) is 0.521. The monoisotopic (exact) mass is 316 g/mol. The van der Waals surface area contributed by atoms with Gasteiger partial charge in [-0.3, -0.25) is 4.55 Å². The van der Waals surface area contributed by atoms with Crippen molar-refractivity contribution in [2.75, 3.05) is 14.2 Å². The van der Waals surface area contributed by atoms with E-state index < -0.39 is 38.1 Å². The Balaban J connectivity index is 0. The third-order valence-electron chi connectivity index (χ3n) is 1.70. The van der Waals surface area contributed by atoms with E-state index in [0.29, 0.717) is 12.1 Å². The summed E-state index contributed by atoms with van der Waals surface area (Å²) >= 11 is 0. The Hall–Kier alpha value is -0.970. The van der Waals surface area contributed by atoms with Gasteiger partial charge in [-0.1, -0.05) is 0 Å². The van der Waals surface area contributed by atoms with E-state index in [1.165, 1.54) is 0 Å². The molecule has 10 heteroatoms. The zero-order chi connectivity index (χ0) is 15.2. The maximum absolute atomic E-state index is 10.8. The number of carbonyl (C=O) groups is 2. The summed E-state index contributed by atoms with van der Waals surface area (Å²) in [7, 11) is -1.39. The van der Waals surface area contributed by atoms with Crippen molar-refractivity contribution in [3.8, 4) is 0 Å². The molecule has 0 aliphatic carbocycles. The zero-order valence-corrected chi connectivity index (χ0v) is 10.8. The molecule has 3 N–H and O–H groups in total. The van der Waals surface area contributed by atoms with Crippen LogP contribution in [0.3, 0.4) is 0 Å². The van der Waals surface area contributed by atoms with Gasteiger partial charge in [0.1, 0.15) is 0 Å². The molecule has 0 amide bonds. The van der Waals surface area contributed by atoms with Crippen LogP contribution in [-0.2, 0) is 14.9 Å². The van der Waals surface area contributed by atoms with Crippen LogP contribution in [0.25, 0.3) is 0 Å². The second-order valence-electron chi connectivity index (χ2n) is 3.24. The molecule has 0 aromatic heterocycles. The Morgan fingerprint density at radius 2 is 1.30 bits per heavy atom. The molecule has 108 valence electrons. The van der Waals surface area contributed by atoms with Crippen molar-refractivity contribution < 1.29 is 37.5 Å². The molecule has 1 aromatic carbocycles. The molecule has 0 aliphatic heterocycles. The molecule has 0 saturated carbocycles. The van der Waals surface area contributed by atoms with Crippen LogP contribution >= 0.6 is 0 Å². The molecule has 1 aromatic rings. The second kappa shape index (κ2) is 9.06. The van der Waals surface area contributed by atoms with E-state index >= 15 is 0 Å². The fourth-order valence-corrected chi connectivity index (χ4v) is 1.55. The number of hydrogen-bond donors (Lipinski definition) is 3. The summed E-state index contributed by atoms with van der Waals surface area (Å²) in [5.41, 5.74) is -1.07. The van der Waals surface area contributed by atoms with E-state index in [1.807, 2.05) is 0 Å². The Kier molecular flexibility index (Phi) is 9.66. The van der Waals surface area contributed by atoms with Gasteiger partial charge in [-0.25, -0.2) is 9.59 Å². The van der Waals surface area contributed by atoms with Gasteiger partial charge in [0.05, 0.1) is 16.0 Å². The summed E-state index contributed by atoms with van der Waals surface area (Å²) in [6.45, 7) is 0.